The van der Waals surface area contributed by atoms with E-state index in [0.29, 0.717) is 5.71 Å². The van der Waals surface area contributed by atoms with Crippen LogP contribution in [0.2, 0.25) is 0 Å². The van der Waals surface area contributed by atoms with Gasteiger partial charge in [-0.3, -0.25) is 5.41 Å². The van der Waals surface area contributed by atoms with Crippen molar-refractivity contribution in [2.24, 2.45) is 0 Å². The van der Waals surface area contributed by atoms with Crippen LogP contribution in [0.1, 0.15) is 36.1 Å². The van der Waals surface area contributed by atoms with Gasteiger partial charge >= 0.3 is 0 Å². The summed E-state index contributed by atoms with van der Waals surface area (Å²) < 4.78 is 0. The summed E-state index contributed by atoms with van der Waals surface area (Å²) >= 11 is 0. The lowest BCUT2D eigenvalue weighted by molar-refractivity contribution is 0.660. The predicted molar refractivity (Wildman–Crippen MR) is 206 cm³/mol. The highest BCUT2D eigenvalue weighted by Gasteiger charge is 2.35. The fraction of sp³-hybridized carbons (Fsp3) is 0.0652. The van der Waals surface area contributed by atoms with E-state index in [9.17, 15) is 5.41 Å². The van der Waals surface area contributed by atoms with Crippen molar-refractivity contribution in [3.05, 3.63) is 198 Å². The topological polar surface area (TPSA) is 39.1 Å². The van der Waals surface area contributed by atoms with E-state index >= 15 is 0 Å². The van der Waals surface area contributed by atoms with Crippen LogP contribution in [0.4, 0.5) is 28.4 Å². The molecule has 8 rings (SSSR count). The summed E-state index contributed by atoms with van der Waals surface area (Å²) in [6, 6.07) is 61.5. The van der Waals surface area contributed by atoms with E-state index in [1.54, 1.807) is 0 Å². The standard InChI is InChI=1S/C46H37N3/c1-46(2)42-22-11-9-20-39(42)41-31-38(28-29-43(41)46)49(36-18-7-4-8-19-36)37-26-24-32(25-27-37)33-14-13-15-34(30-33)45(47)40-21-10-12-23-44(40)48-35-16-5-3-6-17-35/h3-31,47-48H,1-2H3. The fourth-order valence-electron chi connectivity index (χ4n) is 7.17. The Morgan fingerprint density at radius 3 is 1.94 bits per heavy atom. The van der Waals surface area contributed by atoms with Crippen LogP contribution in [0.5, 0.6) is 0 Å². The monoisotopic (exact) mass is 631 g/mol. The maximum atomic E-state index is 9.19. The minimum absolute atomic E-state index is 0.0327. The molecule has 2 N–H and O–H groups in total. The van der Waals surface area contributed by atoms with Crippen LogP contribution < -0.4 is 10.2 Å². The summed E-state index contributed by atoms with van der Waals surface area (Å²) in [6.07, 6.45) is 0. The van der Waals surface area contributed by atoms with Gasteiger partial charge in [-0.1, -0.05) is 129 Å². The summed E-state index contributed by atoms with van der Waals surface area (Å²) in [5.74, 6) is 0. The molecule has 0 aromatic heterocycles. The molecule has 49 heavy (non-hydrogen) atoms. The zero-order chi connectivity index (χ0) is 33.4. The first-order chi connectivity index (χ1) is 24.0. The normalized spacial score (nSPS) is 12.5. The number of hydrogen-bond donors (Lipinski definition) is 2. The van der Waals surface area contributed by atoms with E-state index in [1.165, 1.54) is 22.3 Å². The van der Waals surface area contributed by atoms with Crippen molar-refractivity contribution in [3.8, 4) is 22.3 Å². The molecule has 0 heterocycles. The quantitative estimate of drug-likeness (QED) is 0.164. The maximum Gasteiger partial charge on any atom is 0.0705 e. The van der Waals surface area contributed by atoms with Gasteiger partial charge in [0.2, 0.25) is 0 Å². The van der Waals surface area contributed by atoms with Gasteiger partial charge in [-0.2, -0.15) is 0 Å². The van der Waals surface area contributed by atoms with Crippen molar-refractivity contribution < 1.29 is 0 Å². The van der Waals surface area contributed by atoms with E-state index in [4.69, 9.17) is 0 Å². The van der Waals surface area contributed by atoms with E-state index in [1.807, 2.05) is 66.7 Å². The van der Waals surface area contributed by atoms with Crippen LogP contribution in [0, 0.1) is 5.41 Å². The number of rotatable bonds is 8. The Morgan fingerprint density at radius 1 is 0.510 bits per heavy atom. The number of nitrogens with one attached hydrogen (secondary N) is 2. The molecule has 0 aliphatic heterocycles. The summed E-state index contributed by atoms with van der Waals surface area (Å²) in [5, 5.41) is 12.7. The molecular formula is C46H37N3. The average Bonchev–Trinajstić information content (AvgIpc) is 3.38. The van der Waals surface area contributed by atoms with Crippen molar-refractivity contribution in [1.29, 1.82) is 5.41 Å². The highest BCUT2D eigenvalue weighted by atomic mass is 15.1. The van der Waals surface area contributed by atoms with Gasteiger partial charge in [0.15, 0.2) is 0 Å². The second kappa shape index (κ2) is 12.4. The number of fused-ring (bicyclic) bond motifs is 3. The van der Waals surface area contributed by atoms with Crippen molar-refractivity contribution in [3.63, 3.8) is 0 Å². The smallest absolute Gasteiger partial charge is 0.0705 e. The Balaban J connectivity index is 1.12. The highest BCUT2D eigenvalue weighted by molar-refractivity contribution is 6.14. The molecular weight excluding hydrogens is 595 g/mol. The molecule has 0 saturated carbocycles. The summed E-state index contributed by atoms with van der Waals surface area (Å²) in [7, 11) is 0. The molecule has 0 amide bonds. The first-order valence-electron chi connectivity index (χ1n) is 16.8. The van der Waals surface area contributed by atoms with Gasteiger partial charge in [0.1, 0.15) is 0 Å². The van der Waals surface area contributed by atoms with E-state index in [2.05, 4.69) is 133 Å². The fourth-order valence-corrected chi connectivity index (χ4v) is 7.17. The molecule has 0 fully saturated rings. The second-order valence-electron chi connectivity index (χ2n) is 13.1. The van der Waals surface area contributed by atoms with Crippen LogP contribution in [0.25, 0.3) is 22.3 Å². The van der Waals surface area contributed by atoms with Crippen molar-refractivity contribution in [1.82, 2.24) is 0 Å². The molecule has 1 aliphatic carbocycles. The van der Waals surface area contributed by atoms with Gasteiger partial charge in [0.05, 0.1) is 5.71 Å². The Morgan fingerprint density at radius 2 is 1.14 bits per heavy atom. The van der Waals surface area contributed by atoms with Gasteiger partial charge in [0.25, 0.3) is 0 Å². The average molecular weight is 632 g/mol. The third kappa shape index (κ3) is 5.60. The minimum atomic E-state index is -0.0327. The Labute approximate surface area is 288 Å². The number of benzene rings is 7. The first-order valence-corrected chi connectivity index (χ1v) is 16.8. The molecule has 7 aromatic rings. The number of hydrogen-bond acceptors (Lipinski definition) is 3. The third-order valence-corrected chi connectivity index (χ3v) is 9.70. The van der Waals surface area contributed by atoms with Gasteiger partial charge in [0, 0.05) is 45.0 Å². The molecule has 3 heteroatoms. The van der Waals surface area contributed by atoms with Gasteiger partial charge in [-0.25, -0.2) is 0 Å². The minimum Gasteiger partial charge on any atom is -0.355 e. The van der Waals surface area contributed by atoms with Crippen molar-refractivity contribution in [2.75, 3.05) is 10.2 Å². The Hall–Kier alpha value is -6.19. The van der Waals surface area contributed by atoms with Crippen molar-refractivity contribution in [2.45, 2.75) is 19.3 Å². The molecule has 0 spiro atoms. The van der Waals surface area contributed by atoms with Crippen LogP contribution in [-0.2, 0) is 5.41 Å². The van der Waals surface area contributed by atoms with Crippen LogP contribution in [0.3, 0.4) is 0 Å². The van der Waals surface area contributed by atoms with Gasteiger partial charge < -0.3 is 10.2 Å². The zero-order valence-corrected chi connectivity index (χ0v) is 27.7. The lowest BCUT2D eigenvalue weighted by atomic mass is 9.82. The molecule has 3 nitrogen and oxygen atoms in total. The molecule has 0 unspecified atom stereocenters. The molecule has 236 valence electrons. The van der Waals surface area contributed by atoms with E-state index in [-0.39, 0.29) is 5.41 Å². The predicted octanol–water partition coefficient (Wildman–Crippen LogP) is 12.3. The third-order valence-electron chi connectivity index (χ3n) is 9.70. The largest absolute Gasteiger partial charge is 0.355 e. The Bertz CT molecular complexity index is 2290. The zero-order valence-electron chi connectivity index (χ0n) is 27.7. The Kier molecular flexibility index (Phi) is 7.66. The first kappa shape index (κ1) is 30.2. The van der Waals surface area contributed by atoms with Crippen LogP contribution >= 0.6 is 0 Å². The number of nitrogens with zero attached hydrogens (tertiary/aromatic N) is 1. The molecule has 0 saturated heterocycles. The molecule has 0 bridgehead atoms. The van der Waals surface area contributed by atoms with Gasteiger partial charge in [-0.05, 0) is 94.0 Å². The van der Waals surface area contributed by atoms with E-state index in [0.717, 1.165) is 50.7 Å². The maximum absolute atomic E-state index is 9.19. The van der Waals surface area contributed by atoms with Crippen molar-refractivity contribution >= 4 is 34.1 Å². The lowest BCUT2D eigenvalue weighted by Crippen LogP contribution is -2.15. The SMILES string of the molecule is CC1(C)c2ccccc2-c2cc(N(c3ccccc3)c3ccc(-c4cccc(C(=N)c5ccccc5Nc5ccccc5)c4)cc3)ccc21. The summed E-state index contributed by atoms with van der Waals surface area (Å²) in [4.78, 5) is 2.33. The molecule has 1 aliphatic rings. The molecule has 0 radical (unpaired) electrons. The number of para-hydroxylation sites is 3. The summed E-state index contributed by atoms with van der Waals surface area (Å²) in [5.41, 5.74) is 14.9. The highest BCUT2D eigenvalue weighted by Crippen LogP contribution is 2.50. The molecule has 0 atom stereocenters. The lowest BCUT2D eigenvalue weighted by Gasteiger charge is -2.27. The second-order valence-corrected chi connectivity index (χ2v) is 13.1. The van der Waals surface area contributed by atoms with Crippen LogP contribution in [-0.4, -0.2) is 5.71 Å². The number of anilines is 5. The summed E-state index contributed by atoms with van der Waals surface area (Å²) in [6.45, 7) is 4.64. The van der Waals surface area contributed by atoms with E-state index < -0.39 is 0 Å². The van der Waals surface area contributed by atoms with Crippen LogP contribution in [0.15, 0.2) is 176 Å². The molecule has 7 aromatic carbocycles. The van der Waals surface area contributed by atoms with Gasteiger partial charge in [-0.15, -0.1) is 0 Å².